The molecule has 0 fully saturated rings. The van der Waals surface area contributed by atoms with E-state index >= 15 is 0 Å². The molecule has 31 heavy (non-hydrogen) atoms. The summed E-state index contributed by atoms with van der Waals surface area (Å²) in [7, 11) is 0. The van der Waals surface area contributed by atoms with Gasteiger partial charge in [-0.25, -0.2) is 4.68 Å². The molecule has 0 atom stereocenters. The summed E-state index contributed by atoms with van der Waals surface area (Å²) in [5, 5.41) is 16.9. The molecule has 0 bridgehead atoms. The minimum atomic E-state index is -0.469. The third kappa shape index (κ3) is 4.33. The predicted octanol–water partition coefficient (Wildman–Crippen LogP) is 3.52. The van der Waals surface area contributed by atoms with Gasteiger partial charge in [0.2, 0.25) is 0 Å². The summed E-state index contributed by atoms with van der Waals surface area (Å²) in [6, 6.07) is 17.1. The van der Waals surface area contributed by atoms with Crippen LogP contribution in [0.3, 0.4) is 0 Å². The molecule has 1 N–H and O–H groups in total. The highest BCUT2D eigenvalue weighted by atomic mass is 16.6. The van der Waals surface area contributed by atoms with Gasteiger partial charge in [0.25, 0.3) is 5.91 Å². The minimum absolute atomic E-state index is 0.0201. The predicted molar refractivity (Wildman–Crippen MR) is 117 cm³/mol. The van der Waals surface area contributed by atoms with Crippen molar-refractivity contribution in [1.29, 1.82) is 5.26 Å². The zero-order valence-electron chi connectivity index (χ0n) is 16.7. The van der Waals surface area contributed by atoms with E-state index in [4.69, 9.17) is 14.6 Å². The van der Waals surface area contributed by atoms with Gasteiger partial charge in [0.05, 0.1) is 5.69 Å². The SMILES string of the molecule is C=CCNC(=O)/C(C#N)=C/c1cn(-c2ccccc2)nc1-c1ccc2c(c1)OCCO2. The molecule has 1 aromatic heterocycles. The average molecular weight is 412 g/mol. The van der Waals surface area contributed by atoms with Gasteiger partial charge in [0.15, 0.2) is 11.5 Å². The molecule has 4 rings (SSSR count). The number of hydrogen-bond donors (Lipinski definition) is 1. The fraction of sp³-hybridized carbons (Fsp3) is 0.125. The van der Waals surface area contributed by atoms with Crippen molar-refractivity contribution < 1.29 is 14.3 Å². The van der Waals surface area contributed by atoms with E-state index in [0.717, 1.165) is 11.3 Å². The van der Waals surface area contributed by atoms with Crippen LogP contribution in [0, 0.1) is 11.3 Å². The van der Waals surface area contributed by atoms with E-state index in [0.29, 0.717) is 36.0 Å². The van der Waals surface area contributed by atoms with Gasteiger partial charge < -0.3 is 14.8 Å². The number of para-hydroxylation sites is 1. The van der Waals surface area contributed by atoms with Crippen molar-refractivity contribution in [3.05, 3.63) is 78.5 Å². The summed E-state index contributed by atoms with van der Waals surface area (Å²) in [6.07, 6.45) is 4.89. The van der Waals surface area contributed by atoms with Crippen LogP contribution in [0.5, 0.6) is 11.5 Å². The molecule has 1 aliphatic heterocycles. The van der Waals surface area contributed by atoms with Gasteiger partial charge in [-0.1, -0.05) is 24.3 Å². The van der Waals surface area contributed by atoms with Crippen molar-refractivity contribution in [3.8, 4) is 34.5 Å². The molecular formula is C24H20N4O3. The lowest BCUT2D eigenvalue weighted by Crippen LogP contribution is -2.24. The zero-order valence-corrected chi connectivity index (χ0v) is 16.7. The van der Waals surface area contributed by atoms with Crippen molar-refractivity contribution in [2.24, 2.45) is 0 Å². The lowest BCUT2D eigenvalue weighted by Gasteiger charge is -2.18. The van der Waals surface area contributed by atoms with Crippen LogP contribution in [0.2, 0.25) is 0 Å². The van der Waals surface area contributed by atoms with Gasteiger partial charge in [0, 0.05) is 23.9 Å². The number of amides is 1. The van der Waals surface area contributed by atoms with Crippen LogP contribution in [0.1, 0.15) is 5.56 Å². The van der Waals surface area contributed by atoms with E-state index in [1.165, 1.54) is 6.08 Å². The number of hydrogen-bond acceptors (Lipinski definition) is 5. The van der Waals surface area contributed by atoms with Gasteiger partial charge in [-0.3, -0.25) is 4.79 Å². The lowest BCUT2D eigenvalue weighted by atomic mass is 10.0. The minimum Gasteiger partial charge on any atom is -0.486 e. The topological polar surface area (TPSA) is 89.2 Å². The van der Waals surface area contributed by atoms with E-state index in [9.17, 15) is 10.1 Å². The monoisotopic (exact) mass is 412 g/mol. The molecule has 1 aliphatic rings. The molecule has 2 aromatic carbocycles. The number of benzene rings is 2. The van der Waals surface area contributed by atoms with Crippen molar-refractivity contribution in [2.45, 2.75) is 0 Å². The number of aromatic nitrogens is 2. The number of fused-ring (bicyclic) bond motifs is 1. The van der Waals surface area contributed by atoms with E-state index in [1.807, 2.05) is 54.6 Å². The summed E-state index contributed by atoms with van der Waals surface area (Å²) in [4.78, 5) is 12.3. The highest BCUT2D eigenvalue weighted by Crippen LogP contribution is 2.35. The molecule has 7 heteroatoms. The maximum atomic E-state index is 12.3. The average Bonchev–Trinajstić information content (AvgIpc) is 3.25. The van der Waals surface area contributed by atoms with Gasteiger partial charge >= 0.3 is 0 Å². The van der Waals surface area contributed by atoms with Crippen molar-refractivity contribution in [1.82, 2.24) is 15.1 Å². The maximum Gasteiger partial charge on any atom is 0.262 e. The molecular weight excluding hydrogens is 392 g/mol. The molecule has 0 aliphatic carbocycles. The van der Waals surface area contributed by atoms with Crippen LogP contribution in [-0.2, 0) is 4.79 Å². The molecule has 1 amide bonds. The van der Waals surface area contributed by atoms with Crippen LogP contribution < -0.4 is 14.8 Å². The van der Waals surface area contributed by atoms with Gasteiger partial charge in [-0.2, -0.15) is 10.4 Å². The lowest BCUT2D eigenvalue weighted by molar-refractivity contribution is -0.116. The highest BCUT2D eigenvalue weighted by molar-refractivity contribution is 6.02. The first-order valence-electron chi connectivity index (χ1n) is 9.75. The number of nitrogens with zero attached hydrogens (tertiary/aromatic N) is 3. The Morgan fingerprint density at radius 1 is 1.19 bits per heavy atom. The van der Waals surface area contributed by atoms with Crippen LogP contribution in [0.25, 0.3) is 23.0 Å². The molecule has 7 nitrogen and oxygen atoms in total. The van der Waals surface area contributed by atoms with E-state index in [2.05, 4.69) is 11.9 Å². The summed E-state index contributed by atoms with van der Waals surface area (Å²) in [6.45, 7) is 4.83. The number of nitrogens with one attached hydrogen (secondary N) is 1. The summed E-state index contributed by atoms with van der Waals surface area (Å²) in [5.74, 6) is 0.844. The largest absolute Gasteiger partial charge is 0.486 e. The number of rotatable bonds is 6. The van der Waals surface area contributed by atoms with Gasteiger partial charge in [-0.15, -0.1) is 6.58 Å². The Hall–Kier alpha value is -4.31. The van der Waals surface area contributed by atoms with Crippen LogP contribution in [0.4, 0.5) is 0 Å². The van der Waals surface area contributed by atoms with Crippen LogP contribution in [-0.4, -0.2) is 35.4 Å². The van der Waals surface area contributed by atoms with E-state index < -0.39 is 5.91 Å². The molecule has 0 radical (unpaired) electrons. The first-order valence-corrected chi connectivity index (χ1v) is 9.75. The Morgan fingerprint density at radius 3 is 2.71 bits per heavy atom. The molecule has 0 unspecified atom stereocenters. The molecule has 0 saturated heterocycles. The standard InChI is InChI=1S/C24H20N4O3/c1-2-10-26-24(29)18(15-25)13-19-16-28(20-6-4-3-5-7-20)27-23(19)17-8-9-21-22(14-17)31-12-11-30-21/h2-9,13-14,16H,1,10-12H2,(H,26,29)/b18-13+. The van der Waals surface area contributed by atoms with Crippen LogP contribution >= 0.6 is 0 Å². The Morgan fingerprint density at radius 2 is 1.97 bits per heavy atom. The van der Waals surface area contributed by atoms with Gasteiger partial charge in [-0.05, 0) is 36.4 Å². The molecule has 154 valence electrons. The van der Waals surface area contributed by atoms with E-state index in [1.54, 1.807) is 17.0 Å². The second-order valence-electron chi connectivity index (χ2n) is 6.74. The molecule has 2 heterocycles. The van der Waals surface area contributed by atoms with Crippen LogP contribution in [0.15, 0.2) is 73.0 Å². The van der Waals surface area contributed by atoms with Crippen molar-refractivity contribution in [3.63, 3.8) is 0 Å². The highest BCUT2D eigenvalue weighted by Gasteiger charge is 2.18. The summed E-state index contributed by atoms with van der Waals surface area (Å²) < 4.78 is 13.0. The maximum absolute atomic E-state index is 12.3. The fourth-order valence-electron chi connectivity index (χ4n) is 3.19. The quantitative estimate of drug-likeness (QED) is 0.380. The Bertz CT molecular complexity index is 1190. The third-order valence-electron chi connectivity index (χ3n) is 4.65. The van der Waals surface area contributed by atoms with Gasteiger partial charge in [0.1, 0.15) is 30.6 Å². The second-order valence-corrected chi connectivity index (χ2v) is 6.74. The number of carbonyl (C=O) groups excluding carboxylic acids is 1. The number of ether oxygens (including phenoxy) is 2. The first-order chi connectivity index (χ1) is 15.2. The van der Waals surface area contributed by atoms with Crippen molar-refractivity contribution >= 4 is 12.0 Å². The Balaban J connectivity index is 1.81. The second kappa shape index (κ2) is 9.01. The Labute approximate surface area is 179 Å². The first kappa shape index (κ1) is 20.0. The number of carbonyl (C=O) groups is 1. The smallest absolute Gasteiger partial charge is 0.262 e. The normalized spacial score (nSPS) is 12.7. The zero-order chi connectivity index (χ0) is 21.6. The molecule has 3 aromatic rings. The molecule has 0 saturated carbocycles. The number of nitriles is 1. The summed E-state index contributed by atoms with van der Waals surface area (Å²) in [5.41, 5.74) is 2.87. The van der Waals surface area contributed by atoms with E-state index in [-0.39, 0.29) is 12.1 Å². The summed E-state index contributed by atoms with van der Waals surface area (Å²) >= 11 is 0. The fourth-order valence-corrected chi connectivity index (χ4v) is 3.19. The third-order valence-corrected chi connectivity index (χ3v) is 4.65. The molecule has 0 spiro atoms. The Kier molecular flexibility index (Phi) is 5.81. The van der Waals surface area contributed by atoms with Crippen molar-refractivity contribution in [2.75, 3.05) is 19.8 Å².